The molecule has 2 aromatic carbocycles. The minimum absolute atomic E-state index is 0.0706. The number of amides is 1. The monoisotopic (exact) mass is 409 g/mol. The lowest BCUT2D eigenvalue weighted by molar-refractivity contribution is 0.101. The molecule has 2 heterocycles. The highest BCUT2D eigenvalue weighted by molar-refractivity contribution is 6.02. The number of ether oxygens (including phenoxy) is 1. The normalized spacial score (nSPS) is 10.7. The van der Waals surface area contributed by atoms with E-state index in [4.69, 9.17) is 4.74 Å². The fourth-order valence-corrected chi connectivity index (χ4v) is 2.75. The fourth-order valence-electron chi connectivity index (χ4n) is 2.75. The average molecular weight is 409 g/mol. The predicted octanol–water partition coefficient (Wildman–Crippen LogP) is 3.69. The molecular formula is C21H17F2N5O2. The first-order chi connectivity index (χ1) is 14.5. The molecule has 4 aromatic rings. The molecule has 4 rings (SSSR count). The van der Waals surface area contributed by atoms with Crippen LogP contribution < -0.4 is 10.1 Å². The highest BCUT2D eigenvalue weighted by atomic mass is 19.1. The third-order valence-corrected chi connectivity index (χ3v) is 4.17. The Hall–Kier alpha value is -4.01. The molecule has 0 saturated heterocycles. The van der Waals surface area contributed by atoms with Crippen molar-refractivity contribution >= 4 is 11.7 Å². The summed E-state index contributed by atoms with van der Waals surface area (Å²) in [6.07, 6.45) is 3.29. The van der Waals surface area contributed by atoms with Gasteiger partial charge in [0.1, 0.15) is 17.4 Å². The standard InChI is InChI=1S/C21H17F2N5O2/c22-16-4-6-18(7-5-16)30-14-28-10-8-19(25-28)21(29)24-20-9-11-27(26-20)13-15-2-1-3-17(23)12-15/h1-12H,13-14H2,(H,24,26,29). The Bertz CT molecular complexity index is 1150. The Labute approximate surface area is 170 Å². The zero-order valence-corrected chi connectivity index (χ0v) is 15.7. The molecule has 2 aromatic heterocycles. The van der Waals surface area contributed by atoms with Gasteiger partial charge >= 0.3 is 0 Å². The minimum Gasteiger partial charge on any atom is -0.471 e. The first-order valence-electron chi connectivity index (χ1n) is 9.06. The van der Waals surface area contributed by atoms with Crippen LogP contribution in [-0.2, 0) is 13.3 Å². The molecule has 152 valence electrons. The number of benzene rings is 2. The number of aromatic nitrogens is 4. The van der Waals surface area contributed by atoms with E-state index in [1.807, 2.05) is 0 Å². The number of carbonyl (C=O) groups is 1. The topological polar surface area (TPSA) is 74.0 Å². The summed E-state index contributed by atoms with van der Waals surface area (Å²) in [4.78, 5) is 12.4. The smallest absolute Gasteiger partial charge is 0.277 e. The van der Waals surface area contributed by atoms with Crippen LogP contribution in [0.1, 0.15) is 16.1 Å². The number of hydrogen-bond acceptors (Lipinski definition) is 4. The summed E-state index contributed by atoms with van der Waals surface area (Å²) < 4.78 is 34.7. The molecule has 0 atom stereocenters. The van der Waals surface area contributed by atoms with Gasteiger partial charge in [-0.05, 0) is 48.0 Å². The zero-order chi connectivity index (χ0) is 20.9. The summed E-state index contributed by atoms with van der Waals surface area (Å²) in [6.45, 7) is 0.449. The Morgan fingerprint density at radius 3 is 2.53 bits per heavy atom. The molecule has 1 N–H and O–H groups in total. The largest absolute Gasteiger partial charge is 0.471 e. The molecule has 0 aliphatic rings. The van der Waals surface area contributed by atoms with Gasteiger partial charge in [0.25, 0.3) is 5.91 Å². The second-order valence-corrected chi connectivity index (χ2v) is 6.45. The third kappa shape index (κ3) is 4.88. The van der Waals surface area contributed by atoms with Crippen LogP contribution in [0.15, 0.2) is 73.1 Å². The highest BCUT2D eigenvalue weighted by Crippen LogP contribution is 2.12. The Balaban J connectivity index is 1.33. The van der Waals surface area contributed by atoms with Crippen LogP contribution in [0.2, 0.25) is 0 Å². The van der Waals surface area contributed by atoms with Gasteiger partial charge in [-0.15, -0.1) is 0 Å². The second-order valence-electron chi connectivity index (χ2n) is 6.45. The van der Waals surface area contributed by atoms with Crippen molar-refractivity contribution in [1.82, 2.24) is 19.6 Å². The average Bonchev–Trinajstić information content (AvgIpc) is 3.37. The molecule has 1 amide bonds. The second kappa shape index (κ2) is 8.56. The molecule has 0 fully saturated rings. The van der Waals surface area contributed by atoms with Gasteiger partial charge in [0.15, 0.2) is 18.2 Å². The van der Waals surface area contributed by atoms with Crippen molar-refractivity contribution in [2.45, 2.75) is 13.3 Å². The molecule has 0 spiro atoms. The van der Waals surface area contributed by atoms with Crippen LogP contribution in [0, 0.1) is 11.6 Å². The van der Waals surface area contributed by atoms with Crippen molar-refractivity contribution in [3.05, 3.63) is 95.9 Å². The van der Waals surface area contributed by atoms with E-state index in [2.05, 4.69) is 15.5 Å². The number of rotatable bonds is 7. The number of anilines is 1. The number of carbonyl (C=O) groups excluding carboxylic acids is 1. The molecule has 0 aliphatic heterocycles. The van der Waals surface area contributed by atoms with Crippen LogP contribution in [0.25, 0.3) is 0 Å². The van der Waals surface area contributed by atoms with Gasteiger partial charge in [0.05, 0.1) is 6.54 Å². The molecule has 0 radical (unpaired) electrons. The maximum atomic E-state index is 13.3. The van der Waals surface area contributed by atoms with Crippen molar-refractivity contribution in [3.8, 4) is 5.75 Å². The molecule has 0 saturated carbocycles. The number of nitrogens with zero attached hydrogens (tertiary/aromatic N) is 4. The SMILES string of the molecule is O=C(Nc1ccn(Cc2cccc(F)c2)n1)c1ccn(COc2ccc(F)cc2)n1. The van der Waals surface area contributed by atoms with E-state index in [1.165, 1.54) is 41.1 Å². The Morgan fingerprint density at radius 1 is 0.933 bits per heavy atom. The van der Waals surface area contributed by atoms with Gasteiger partial charge < -0.3 is 10.1 Å². The maximum absolute atomic E-state index is 13.3. The van der Waals surface area contributed by atoms with Crippen molar-refractivity contribution in [3.63, 3.8) is 0 Å². The Morgan fingerprint density at radius 2 is 1.73 bits per heavy atom. The quantitative estimate of drug-likeness (QED) is 0.505. The molecular weight excluding hydrogens is 392 g/mol. The van der Waals surface area contributed by atoms with E-state index in [0.29, 0.717) is 18.1 Å². The summed E-state index contributed by atoms with van der Waals surface area (Å²) in [7, 11) is 0. The van der Waals surface area contributed by atoms with Crippen molar-refractivity contribution in [2.75, 3.05) is 5.32 Å². The first kappa shape index (κ1) is 19.3. The van der Waals surface area contributed by atoms with E-state index in [1.54, 1.807) is 41.3 Å². The maximum Gasteiger partial charge on any atom is 0.277 e. The van der Waals surface area contributed by atoms with Crippen molar-refractivity contribution in [1.29, 1.82) is 0 Å². The van der Waals surface area contributed by atoms with Crippen molar-refractivity contribution in [2.24, 2.45) is 0 Å². The third-order valence-electron chi connectivity index (χ3n) is 4.17. The minimum atomic E-state index is -0.425. The van der Waals surface area contributed by atoms with Crippen molar-refractivity contribution < 1.29 is 18.3 Å². The fraction of sp³-hybridized carbons (Fsp3) is 0.0952. The highest BCUT2D eigenvalue weighted by Gasteiger charge is 2.12. The van der Waals surface area contributed by atoms with Gasteiger partial charge in [-0.25, -0.2) is 13.5 Å². The summed E-state index contributed by atoms with van der Waals surface area (Å²) in [5.41, 5.74) is 0.952. The van der Waals surface area contributed by atoms with Crippen LogP contribution in [0.4, 0.5) is 14.6 Å². The van der Waals surface area contributed by atoms with Gasteiger partial charge in [-0.1, -0.05) is 12.1 Å². The molecule has 9 heteroatoms. The van der Waals surface area contributed by atoms with E-state index in [9.17, 15) is 13.6 Å². The lowest BCUT2D eigenvalue weighted by Gasteiger charge is -2.05. The lowest BCUT2D eigenvalue weighted by Crippen LogP contribution is -2.15. The molecule has 7 nitrogen and oxygen atoms in total. The Kier molecular flexibility index (Phi) is 5.51. The van der Waals surface area contributed by atoms with Gasteiger partial charge in [0.2, 0.25) is 0 Å². The summed E-state index contributed by atoms with van der Waals surface area (Å²) in [5.74, 6) is -0.243. The number of hydrogen-bond donors (Lipinski definition) is 1. The molecule has 0 aliphatic carbocycles. The molecule has 0 bridgehead atoms. The zero-order valence-electron chi connectivity index (χ0n) is 15.7. The first-order valence-corrected chi connectivity index (χ1v) is 9.06. The van der Waals surface area contributed by atoms with Crippen LogP contribution in [0.3, 0.4) is 0 Å². The summed E-state index contributed by atoms with van der Waals surface area (Å²) >= 11 is 0. The predicted molar refractivity (Wildman–Crippen MR) is 105 cm³/mol. The lowest BCUT2D eigenvalue weighted by atomic mass is 10.2. The van der Waals surface area contributed by atoms with Crippen LogP contribution in [-0.4, -0.2) is 25.5 Å². The van der Waals surface area contributed by atoms with Gasteiger partial charge in [-0.2, -0.15) is 10.2 Å². The summed E-state index contributed by atoms with van der Waals surface area (Å²) in [6, 6.07) is 15.0. The molecule has 0 unspecified atom stereocenters. The number of halogens is 2. The summed E-state index contributed by atoms with van der Waals surface area (Å²) in [5, 5.41) is 11.1. The van der Waals surface area contributed by atoms with Gasteiger partial charge in [0, 0.05) is 18.5 Å². The number of nitrogens with one attached hydrogen (secondary N) is 1. The van der Waals surface area contributed by atoms with Crippen LogP contribution in [0.5, 0.6) is 5.75 Å². The van der Waals surface area contributed by atoms with E-state index in [-0.39, 0.29) is 24.1 Å². The van der Waals surface area contributed by atoms with E-state index in [0.717, 1.165) is 5.56 Å². The van der Waals surface area contributed by atoms with E-state index >= 15 is 0 Å². The van der Waals surface area contributed by atoms with E-state index < -0.39 is 5.91 Å². The van der Waals surface area contributed by atoms with Gasteiger partial charge in [-0.3, -0.25) is 9.48 Å². The molecule has 30 heavy (non-hydrogen) atoms. The van der Waals surface area contributed by atoms with Crippen LogP contribution >= 0.6 is 0 Å².